The molecule has 2 aromatic carbocycles. The fourth-order valence-electron chi connectivity index (χ4n) is 2.59. The van der Waals surface area contributed by atoms with E-state index in [-0.39, 0.29) is 17.0 Å². The summed E-state index contributed by atoms with van der Waals surface area (Å²) in [6, 6.07) is 11.9. The summed E-state index contributed by atoms with van der Waals surface area (Å²) >= 11 is 1.31. The van der Waals surface area contributed by atoms with E-state index in [2.05, 4.69) is 4.98 Å². The van der Waals surface area contributed by atoms with E-state index < -0.39 is 16.0 Å². The number of benzene rings is 2. The maximum absolute atomic E-state index is 13.2. The Morgan fingerprint density at radius 3 is 2.62 bits per heavy atom. The Labute approximate surface area is 156 Å². The van der Waals surface area contributed by atoms with E-state index in [1.807, 2.05) is 24.3 Å². The number of aryl methyl sites for hydroxylation is 1. The molecule has 0 fully saturated rings. The van der Waals surface area contributed by atoms with Crippen LogP contribution in [0.3, 0.4) is 0 Å². The van der Waals surface area contributed by atoms with Crippen molar-refractivity contribution in [2.24, 2.45) is 0 Å². The summed E-state index contributed by atoms with van der Waals surface area (Å²) < 4.78 is 33.2. The lowest BCUT2D eigenvalue weighted by Crippen LogP contribution is -2.30. The summed E-state index contributed by atoms with van der Waals surface area (Å²) in [6.45, 7) is 3.70. The molecule has 3 rings (SSSR count). The number of esters is 1. The number of hydrogen-bond donors (Lipinski definition) is 0. The van der Waals surface area contributed by atoms with Crippen LogP contribution in [-0.4, -0.2) is 33.0 Å². The van der Waals surface area contributed by atoms with Crippen molar-refractivity contribution in [3.8, 4) is 0 Å². The first-order chi connectivity index (χ1) is 12.4. The van der Waals surface area contributed by atoms with E-state index in [0.29, 0.717) is 10.7 Å². The molecule has 6 nitrogen and oxygen atoms in total. The van der Waals surface area contributed by atoms with Crippen LogP contribution >= 0.6 is 11.3 Å². The van der Waals surface area contributed by atoms with Gasteiger partial charge in [-0.1, -0.05) is 29.5 Å². The van der Waals surface area contributed by atoms with Crippen LogP contribution in [0.1, 0.15) is 22.8 Å². The largest absolute Gasteiger partial charge is 0.465 e. The van der Waals surface area contributed by atoms with E-state index >= 15 is 0 Å². The minimum atomic E-state index is -3.86. The predicted octanol–water partition coefficient (Wildman–Crippen LogP) is 3.61. The zero-order valence-corrected chi connectivity index (χ0v) is 16.2. The van der Waals surface area contributed by atoms with Crippen LogP contribution < -0.4 is 4.31 Å². The van der Waals surface area contributed by atoms with Gasteiger partial charge in [-0.25, -0.2) is 22.5 Å². The Kier molecular flexibility index (Phi) is 4.97. The summed E-state index contributed by atoms with van der Waals surface area (Å²) in [6.07, 6.45) is 0. The third-order valence-electron chi connectivity index (χ3n) is 3.99. The second kappa shape index (κ2) is 7.05. The highest BCUT2D eigenvalue weighted by Crippen LogP contribution is 2.32. The number of rotatable bonds is 5. The topological polar surface area (TPSA) is 76.6 Å². The normalized spacial score (nSPS) is 11.5. The first kappa shape index (κ1) is 18.3. The van der Waals surface area contributed by atoms with Gasteiger partial charge in [0.25, 0.3) is 10.0 Å². The molecule has 1 heterocycles. The molecule has 0 saturated heterocycles. The molecule has 0 aliphatic carbocycles. The zero-order chi connectivity index (χ0) is 18.9. The lowest BCUT2D eigenvalue weighted by molar-refractivity contribution is 0.0599. The number of aromatic nitrogens is 1. The van der Waals surface area contributed by atoms with Crippen LogP contribution in [0.4, 0.5) is 5.13 Å². The molecule has 8 heteroatoms. The van der Waals surface area contributed by atoms with Crippen molar-refractivity contribution in [2.75, 3.05) is 18.0 Å². The van der Waals surface area contributed by atoms with Crippen LogP contribution in [0.2, 0.25) is 0 Å². The number of carbonyl (C=O) groups excluding carboxylic acids is 1. The van der Waals surface area contributed by atoms with Crippen LogP contribution in [-0.2, 0) is 14.8 Å². The number of fused-ring (bicyclic) bond motifs is 1. The number of thiazole rings is 1. The molecule has 3 aromatic rings. The maximum Gasteiger partial charge on any atom is 0.338 e. The second-order valence-corrected chi connectivity index (χ2v) is 8.47. The smallest absolute Gasteiger partial charge is 0.338 e. The highest BCUT2D eigenvalue weighted by molar-refractivity contribution is 7.93. The van der Waals surface area contributed by atoms with Gasteiger partial charge in [0.1, 0.15) is 0 Å². The van der Waals surface area contributed by atoms with E-state index in [9.17, 15) is 13.2 Å². The fourth-order valence-corrected chi connectivity index (χ4v) is 5.28. The number of carbonyl (C=O) groups is 1. The number of hydrogen-bond acceptors (Lipinski definition) is 6. The highest BCUT2D eigenvalue weighted by Gasteiger charge is 2.27. The molecule has 0 radical (unpaired) electrons. The van der Waals surface area contributed by atoms with Crippen molar-refractivity contribution >= 4 is 42.7 Å². The van der Waals surface area contributed by atoms with Crippen molar-refractivity contribution in [3.05, 3.63) is 53.6 Å². The fraction of sp³-hybridized carbons (Fsp3) is 0.222. The minimum Gasteiger partial charge on any atom is -0.465 e. The Morgan fingerprint density at radius 1 is 1.23 bits per heavy atom. The standard InChI is InChI=1S/C18H18N2O4S2/c1-4-20(18-19-15-7-5-6-8-16(15)25-18)26(22,23)13-10-9-12(2)14(11-13)17(21)24-3/h5-11H,4H2,1-3H3. The van der Waals surface area contributed by atoms with E-state index in [0.717, 1.165) is 10.2 Å². The maximum atomic E-state index is 13.2. The second-order valence-electron chi connectivity index (χ2n) is 5.60. The number of anilines is 1. The molecule has 0 bridgehead atoms. The van der Waals surface area contributed by atoms with E-state index in [1.54, 1.807) is 19.9 Å². The van der Waals surface area contributed by atoms with Crippen molar-refractivity contribution in [2.45, 2.75) is 18.7 Å². The molecular formula is C18H18N2O4S2. The summed E-state index contributed by atoms with van der Waals surface area (Å²) in [5.41, 5.74) is 1.63. The monoisotopic (exact) mass is 390 g/mol. The Hall–Kier alpha value is -2.45. The molecule has 0 N–H and O–H groups in total. The molecule has 0 spiro atoms. The Balaban J connectivity index is 2.09. The van der Waals surface area contributed by atoms with Crippen LogP contribution in [0.25, 0.3) is 10.2 Å². The van der Waals surface area contributed by atoms with Gasteiger partial charge in [-0.3, -0.25) is 0 Å². The molecular weight excluding hydrogens is 372 g/mol. The number of para-hydroxylation sites is 1. The van der Waals surface area contributed by atoms with Crippen molar-refractivity contribution in [1.82, 2.24) is 4.98 Å². The molecule has 0 unspecified atom stereocenters. The van der Waals surface area contributed by atoms with Crippen molar-refractivity contribution in [1.29, 1.82) is 0 Å². The van der Waals surface area contributed by atoms with Gasteiger partial charge in [-0.05, 0) is 43.7 Å². The van der Waals surface area contributed by atoms with Crippen LogP contribution in [0.15, 0.2) is 47.4 Å². The number of sulfonamides is 1. The van der Waals surface area contributed by atoms with Gasteiger partial charge in [0.2, 0.25) is 5.13 Å². The average Bonchev–Trinajstić information content (AvgIpc) is 3.05. The summed E-state index contributed by atoms with van der Waals surface area (Å²) in [5, 5.41) is 0.397. The summed E-state index contributed by atoms with van der Waals surface area (Å²) in [4.78, 5) is 16.4. The lowest BCUT2D eigenvalue weighted by Gasteiger charge is -2.20. The van der Waals surface area contributed by atoms with Crippen LogP contribution in [0.5, 0.6) is 0 Å². The zero-order valence-electron chi connectivity index (χ0n) is 14.6. The van der Waals surface area contributed by atoms with Gasteiger partial charge in [-0.2, -0.15) is 0 Å². The molecule has 0 aliphatic heterocycles. The van der Waals surface area contributed by atoms with Crippen molar-refractivity contribution in [3.63, 3.8) is 0 Å². The summed E-state index contributed by atoms with van der Waals surface area (Å²) in [7, 11) is -2.59. The van der Waals surface area contributed by atoms with E-state index in [1.165, 1.54) is 34.9 Å². The number of ether oxygens (including phenoxy) is 1. The molecule has 0 amide bonds. The molecule has 0 aliphatic rings. The summed E-state index contributed by atoms with van der Waals surface area (Å²) in [5.74, 6) is -0.567. The quantitative estimate of drug-likeness (QED) is 0.622. The number of nitrogens with zero attached hydrogens (tertiary/aromatic N) is 2. The third kappa shape index (κ3) is 3.17. The van der Waals surface area contributed by atoms with Gasteiger partial charge >= 0.3 is 5.97 Å². The Bertz CT molecular complexity index is 1040. The lowest BCUT2D eigenvalue weighted by atomic mass is 10.1. The van der Waals surface area contributed by atoms with E-state index in [4.69, 9.17) is 4.74 Å². The molecule has 26 heavy (non-hydrogen) atoms. The average molecular weight is 390 g/mol. The molecule has 0 saturated carbocycles. The van der Waals surface area contributed by atoms with Gasteiger partial charge in [0, 0.05) is 6.54 Å². The first-order valence-electron chi connectivity index (χ1n) is 7.95. The minimum absolute atomic E-state index is 0.0320. The number of methoxy groups -OCH3 is 1. The van der Waals surface area contributed by atoms with Gasteiger partial charge in [-0.15, -0.1) is 0 Å². The van der Waals surface area contributed by atoms with Crippen LogP contribution in [0, 0.1) is 6.92 Å². The molecule has 0 atom stereocenters. The van der Waals surface area contributed by atoms with Gasteiger partial charge in [0.05, 0.1) is 27.8 Å². The third-order valence-corrected chi connectivity index (χ3v) is 7.02. The van der Waals surface area contributed by atoms with Gasteiger partial charge < -0.3 is 4.74 Å². The molecule has 136 valence electrons. The first-order valence-corrected chi connectivity index (χ1v) is 10.2. The van der Waals surface area contributed by atoms with Gasteiger partial charge in [0.15, 0.2) is 0 Å². The Morgan fingerprint density at radius 2 is 1.96 bits per heavy atom. The SMILES string of the molecule is CCN(c1nc2ccccc2s1)S(=O)(=O)c1ccc(C)c(C(=O)OC)c1. The van der Waals surface area contributed by atoms with Crippen molar-refractivity contribution < 1.29 is 17.9 Å². The molecule has 1 aromatic heterocycles. The predicted molar refractivity (Wildman–Crippen MR) is 102 cm³/mol. The highest BCUT2D eigenvalue weighted by atomic mass is 32.2.